The predicted molar refractivity (Wildman–Crippen MR) is 86.4 cm³/mol. The van der Waals surface area contributed by atoms with Crippen LogP contribution in [0, 0.1) is 11.3 Å². The van der Waals surface area contributed by atoms with Gasteiger partial charge in [0.15, 0.2) is 0 Å². The van der Waals surface area contributed by atoms with Crippen LogP contribution >= 0.6 is 0 Å². The summed E-state index contributed by atoms with van der Waals surface area (Å²) in [7, 11) is 0. The van der Waals surface area contributed by atoms with E-state index >= 15 is 0 Å². The van der Waals surface area contributed by atoms with Gasteiger partial charge in [-0.05, 0) is 50.6 Å². The van der Waals surface area contributed by atoms with Crippen LogP contribution in [0.25, 0.3) is 0 Å². The number of rotatable bonds is 5. The Balaban J connectivity index is 2.75. The first-order valence-electron chi connectivity index (χ1n) is 8.12. The maximum absolute atomic E-state index is 3.64. The number of allylic oxidation sites excluding steroid dienone is 3. The summed E-state index contributed by atoms with van der Waals surface area (Å²) in [6.07, 6.45) is 14.9. The highest BCUT2D eigenvalue weighted by atomic mass is 14.9. The molecule has 110 valence electrons. The first-order valence-corrected chi connectivity index (χ1v) is 8.12. The molecular weight excluding hydrogens is 230 g/mol. The molecule has 0 bridgehead atoms. The van der Waals surface area contributed by atoms with E-state index in [2.05, 4.69) is 51.2 Å². The van der Waals surface area contributed by atoms with Gasteiger partial charge in [0.2, 0.25) is 0 Å². The molecule has 1 heteroatoms. The fourth-order valence-electron chi connectivity index (χ4n) is 2.91. The van der Waals surface area contributed by atoms with Crippen LogP contribution in [-0.4, -0.2) is 13.1 Å². The third kappa shape index (κ3) is 5.95. The second-order valence-electron chi connectivity index (χ2n) is 6.68. The van der Waals surface area contributed by atoms with Crippen LogP contribution in [0.4, 0.5) is 0 Å². The van der Waals surface area contributed by atoms with E-state index in [1.54, 1.807) is 5.57 Å². The standard InChI is InChI=1S/C18H33N/c1-5-10-17(12-9-11-16(2)3)18(4)13-7-6-8-14-19-15-18/h5,10,12,16,19H,6-9,11,13-15H2,1-4H3/b10-5-,17-12+. The maximum Gasteiger partial charge on any atom is 0.00462 e. The molecule has 1 fully saturated rings. The Labute approximate surface area is 120 Å². The van der Waals surface area contributed by atoms with E-state index in [1.807, 2.05) is 0 Å². The van der Waals surface area contributed by atoms with Crippen molar-refractivity contribution < 1.29 is 0 Å². The zero-order valence-corrected chi connectivity index (χ0v) is 13.5. The molecule has 1 rings (SSSR count). The van der Waals surface area contributed by atoms with Crippen molar-refractivity contribution in [2.24, 2.45) is 11.3 Å². The predicted octanol–water partition coefficient (Wildman–Crippen LogP) is 5.10. The van der Waals surface area contributed by atoms with Crippen molar-refractivity contribution in [1.82, 2.24) is 5.32 Å². The highest BCUT2D eigenvalue weighted by Gasteiger charge is 2.27. The van der Waals surface area contributed by atoms with Gasteiger partial charge in [0, 0.05) is 12.0 Å². The van der Waals surface area contributed by atoms with E-state index in [0.717, 1.165) is 12.5 Å². The van der Waals surface area contributed by atoms with Crippen molar-refractivity contribution in [3.8, 4) is 0 Å². The molecule has 1 aliphatic heterocycles. The van der Waals surface area contributed by atoms with Gasteiger partial charge >= 0.3 is 0 Å². The van der Waals surface area contributed by atoms with Crippen LogP contribution in [0.15, 0.2) is 23.8 Å². The van der Waals surface area contributed by atoms with Gasteiger partial charge in [-0.3, -0.25) is 0 Å². The molecule has 0 amide bonds. The summed E-state index contributed by atoms with van der Waals surface area (Å²) in [6.45, 7) is 11.5. The first kappa shape index (κ1) is 16.5. The van der Waals surface area contributed by atoms with Gasteiger partial charge in [-0.25, -0.2) is 0 Å². The monoisotopic (exact) mass is 263 g/mol. The molecule has 0 radical (unpaired) electrons. The van der Waals surface area contributed by atoms with Crippen molar-refractivity contribution >= 4 is 0 Å². The topological polar surface area (TPSA) is 12.0 Å². The van der Waals surface area contributed by atoms with Crippen LogP contribution in [0.1, 0.15) is 66.2 Å². The Morgan fingerprint density at radius 1 is 1.26 bits per heavy atom. The molecule has 1 unspecified atom stereocenters. The number of nitrogens with one attached hydrogen (secondary N) is 1. The molecule has 1 N–H and O–H groups in total. The Hall–Kier alpha value is -0.560. The summed E-state index contributed by atoms with van der Waals surface area (Å²) in [5, 5.41) is 3.64. The fraction of sp³-hybridized carbons (Fsp3) is 0.778. The molecule has 1 aliphatic rings. The zero-order valence-electron chi connectivity index (χ0n) is 13.5. The lowest BCUT2D eigenvalue weighted by atomic mass is 9.76. The Morgan fingerprint density at radius 2 is 2.05 bits per heavy atom. The quantitative estimate of drug-likeness (QED) is 0.681. The van der Waals surface area contributed by atoms with E-state index in [9.17, 15) is 0 Å². The van der Waals surface area contributed by atoms with E-state index in [-0.39, 0.29) is 0 Å². The second-order valence-corrected chi connectivity index (χ2v) is 6.68. The first-order chi connectivity index (χ1) is 9.08. The van der Waals surface area contributed by atoms with E-state index in [0.29, 0.717) is 5.41 Å². The minimum Gasteiger partial charge on any atom is -0.316 e. The van der Waals surface area contributed by atoms with Crippen molar-refractivity contribution in [2.45, 2.75) is 66.2 Å². The smallest absolute Gasteiger partial charge is 0.00462 e. The minimum atomic E-state index is 0.323. The molecule has 0 aliphatic carbocycles. The zero-order chi connectivity index (χ0) is 14.1. The average Bonchev–Trinajstić information content (AvgIpc) is 2.33. The molecular formula is C18H33N. The van der Waals surface area contributed by atoms with Gasteiger partial charge < -0.3 is 5.32 Å². The van der Waals surface area contributed by atoms with Crippen LogP contribution in [-0.2, 0) is 0 Å². The lowest BCUT2D eigenvalue weighted by Gasteiger charge is -2.33. The van der Waals surface area contributed by atoms with Crippen molar-refractivity contribution in [1.29, 1.82) is 0 Å². The lowest BCUT2D eigenvalue weighted by Crippen LogP contribution is -2.35. The van der Waals surface area contributed by atoms with Gasteiger partial charge in [0.25, 0.3) is 0 Å². The summed E-state index contributed by atoms with van der Waals surface area (Å²) in [4.78, 5) is 0. The van der Waals surface area contributed by atoms with Gasteiger partial charge in [-0.15, -0.1) is 0 Å². The number of hydrogen-bond donors (Lipinski definition) is 1. The molecule has 1 saturated heterocycles. The van der Waals surface area contributed by atoms with Crippen LogP contribution in [0.5, 0.6) is 0 Å². The SMILES string of the molecule is C/C=C\C(=C/CCC(C)C)C1(C)CCCCCNC1. The van der Waals surface area contributed by atoms with E-state index in [4.69, 9.17) is 0 Å². The van der Waals surface area contributed by atoms with E-state index in [1.165, 1.54) is 45.1 Å². The Kier molecular flexibility index (Phi) is 7.45. The lowest BCUT2D eigenvalue weighted by molar-refractivity contribution is 0.312. The van der Waals surface area contributed by atoms with Crippen LogP contribution in [0.2, 0.25) is 0 Å². The molecule has 19 heavy (non-hydrogen) atoms. The van der Waals surface area contributed by atoms with Crippen LogP contribution < -0.4 is 5.32 Å². The summed E-state index contributed by atoms with van der Waals surface area (Å²) < 4.78 is 0. The van der Waals surface area contributed by atoms with Crippen molar-refractivity contribution in [3.05, 3.63) is 23.8 Å². The normalized spacial score (nSPS) is 26.7. The molecule has 1 heterocycles. The third-order valence-corrected chi connectivity index (χ3v) is 4.25. The van der Waals surface area contributed by atoms with Gasteiger partial charge in [0.1, 0.15) is 0 Å². The summed E-state index contributed by atoms with van der Waals surface area (Å²) >= 11 is 0. The van der Waals surface area contributed by atoms with Crippen molar-refractivity contribution in [2.75, 3.05) is 13.1 Å². The molecule has 0 saturated carbocycles. The number of hydrogen-bond acceptors (Lipinski definition) is 1. The average molecular weight is 263 g/mol. The molecule has 0 spiro atoms. The minimum absolute atomic E-state index is 0.323. The van der Waals surface area contributed by atoms with Crippen LogP contribution in [0.3, 0.4) is 0 Å². The summed E-state index contributed by atoms with van der Waals surface area (Å²) in [6, 6.07) is 0. The maximum atomic E-state index is 3.64. The highest BCUT2D eigenvalue weighted by Crippen LogP contribution is 2.35. The molecule has 0 aromatic heterocycles. The van der Waals surface area contributed by atoms with Crippen molar-refractivity contribution in [3.63, 3.8) is 0 Å². The fourth-order valence-corrected chi connectivity index (χ4v) is 2.91. The third-order valence-electron chi connectivity index (χ3n) is 4.25. The van der Waals surface area contributed by atoms with Gasteiger partial charge in [-0.1, -0.05) is 51.8 Å². The van der Waals surface area contributed by atoms with Gasteiger partial charge in [0.05, 0.1) is 0 Å². The molecule has 0 aromatic rings. The second kappa shape index (κ2) is 8.58. The highest BCUT2D eigenvalue weighted by molar-refractivity contribution is 5.26. The Bertz CT molecular complexity index is 291. The molecule has 0 aromatic carbocycles. The summed E-state index contributed by atoms with van der Waals surface area (Å²) in [5.74, 6) is 0.798. The largest absolute Gasteiger partial charge is 0.316 e. The molecule has 1 atom stereocenters. The Morgan fingerprint density at radius 3 is 2.74 bits per heavy atom. The van der Waals surface area contributed by atoms with Gasteiger partial charge in [-0.2, -0.15) is 0 Å². The molecule has 1 nitrogen and oxygen atoms in total. The van der Waals surface area contributed by atoms with E-state index < -0.39 is 0 Å². The summed E-state index contributed by atoms with van der Waals surface area (Å²) in [5.41, 5.74) is 1.87.